The number of carbonyl (C=O) groups is 1. The molecule has 1 aromatic heterocycles. The van der Waals surface area contributed by atoms with Crippen LogP contribution in [0.3, 0.4) is 0 Å². The van der Waals surface area contributed by atoms with Crippen molar-refractivity contribution in [2.24, 2.45) is 0 Å². The van der Waals surface area contributed by atoms with Crippen LogP contribution in [0.4, 0.5) is 5.13 Å². The number of methoxy groups -OCH3 is 2. The van der Waals surface area contributed by atoms with Gasteiger partial charge in [0.2, 0.25) is 5.91 Å². The summed E-state index contributed by atoms with van der Waals surface area (Å²) in [6, 6.07) is 5.46. The third-order valence-corrected chi connectivity index (χ3v) is 5.28. The number of benzene rings is 1. The quantitative estimate of drug-likeness (QED) is 0.732. The highest BCUT2D eigenvalue weighted by atomic mass is 32.1. The minimum atomic E-state index is -0.216. The first kappa shape index (κ1) is 19.4. The van der Waals surface area contributed by atoms with Gasteiger partial charge in [0.25, 0.3) is 0 Å². The Hall–Kier alpha value is -2.38. The number of likely N-dealkylation sites (tertiary alicyclic amines) is 1. The monoisotopic (exact) mass is 387 g/mol. The number of nitrogens with zero attached hydrogens (tertiary/aromatic N) is 2. The van der Waals surface area contributed by atoms with Crippen LogP contribution in [-0.4, -0.2) is 43.1 Å². The van der Waals surface area contributed by atoms with E-state index in [2.05, 4.69) is 15.2 Å². The highest BCUT2D eigenvalue weighted by Gasteiger charge is 2.13. The molecular weight excluding hydrogens is 362 g/mol. The van der Waals surface area contributed by atoms with Crippen LogP contribution >= 0.6 is 11.3 Å². The van der Waals surface area contributed by atoms with E-state index in [0.717, 1.165) is 30.9 Å². The molecule has 0 aliphatic carbocycles. The summed E-state index contributed by atoms with van der Waals surface area (Å²) in [6.07, 6.45) is 7.03. The second-order valence-corrected chi connectivity index (χ2v) is 7.27. The van der Waals surface area contributed by atoms with Crippen molar-refractivity contribution in [3.63, 3.8) is 0 Å². The maximum atomic E-state index is 12.2. The Balaban J connectivity index is 1.57. The fraction of sp³-hybridized carbons (Fsp3) is 0.400. The summed E-state index contributed by atoms with van der Waals surface area (Å²) in [5.74, 6) is 1.14. The number of nitrogens with one attached hydrogen (secondary N) is 1. The summed E-state index contributed by atoms with van der Waals surface area (Å²) in [5, 5.41) is 5.47. The first-order valence-corrected chi connectivity index (χ1v) is 9.94. The molecule has 1 fully saturated rings. The van der Waals surface area contributed by atoms with Gasteiger partial charge in [0.1, 0.15) is 11.5 Å². The number of hydrogen-bond acceptors (Lipinski definition) is 6. The number of piperidine rings is 1. The predicted molar refractivity (Wildman–Crippen MR) is 108 cm³/mol. The van der Waals surface area contributed by atoms with Gasteiger partial charge in [-0.1, -0.05) is 6.42 Å². The average molecular weight is 388 g/mol. The van der Waals surface area contributed by atoms with Crippen molar-refractivity contribution in [3.05, 3.63) is 40.9 Å². The molecule has 144 valence electrons. The van der Waals surface area contributed by atoms with E-state index in [9.17, 15) is 4.79 Å². The lowest BCUT2D eigenvalue weighted by atomic mass is 10.1. The lowest BCUT2D eigenvalue weighted by molar-refractivity contribution is -0.111. The number of carbonyl (C=O) groups excluding carboxylic acids is 1. The largest absolute Gasteiger partial charge is 0.497 e. The van der Waals surface area contributed by atoms with Crippen molar-refractivity contribution in [1.82, 2.24) is 9.88 Å². The highest BCUT2D eigenvalue weighted by molar-refractivity contribution is 7.13. The van der Waals surface area contributed by atoms with Crippen molar-refractivity contribution in [3.8, 4) is 11.5 Å². The second-order valence-electron chi connectivity index (χ2n) is 6.41. The van der Waals surface area contributed by atoms with E-state index in [-0.39, 0.29) is 5.91 Å². The molecule has 0 radical (unpaired) electrons. The van der Waals surface area contributed by atoms with Crippen molar-refractivity contribution in [1.29, 1.82) is 0 Å². The van der Waals surface area contributed by atoms with Crippen LogP contribution in [0.2, 0.25) is 0 Å². The molecule has 7 heteroatoms. The minimum absolute atomic E-state index is 0.216. The van der Waals surface area contributed by atoms with Gasteiger partial charge in [0.15, 0.2) is 5.13 Å². The van der Waals surface area contributed by atoms with Gasteiger partial charge in [-0.2, -0.15) is 0 Å². The van der Waals surface area contributed by atoms with Crippen LogP contribution in [0.15, 0.2) is 29.7 Å². The number of anilines is 1. The zero-order valence-electron chi connectivity index (χ0n) is 15.7. The molecule has 1 aromatic carbocycles. The predicted octanol–water partition coefficient (Wildman–Crippen LogP) is 3.80. The SMILES string of the molecule is COc1ccc(/C=C/C(=O)Nc2nc(CN3CCCCC3)cs2)c(OC)c1. The van der Waals surface area contributed by atoms with Gasteiger partial charge in [-0.15, -0.1) is 11.3 Å². The van der Waals surface area contributed by atoms with Gasteiger partial charge in [-0.05, 0) is 44.1 Å². The molecule has 0 bridgehead atoms. The summed E-state index contributed by atoms with van der Waals surface area (Å²) in [4.78, 5) is 19.1. The van der Waals surface area contributed by atoms with Crippen molar-refractivity contribution in [2.45, 2.75) is 25.8 Å². The Morgan fingerprint density at radius 3 is 2.81 bits per heavy atom. The topological polar surface area (TPSA) is 63.7 Å². The lowest BCUT2D eigenvalue weighted by Gasteiger charge is -2.25. The molecule has 0 spiro atoms. The van der Waals surface area contributed by atoms with Crippen LogP contribution in [0.1, 0.15) is 30.5 Å². The fourth-order valence-corrected chi connectivity index (χ4v) is 3.76. The molecule has 1 saturated heterocycles. The van der Waals surface area contributed by atoms with Crippen molar-refractivity contribution < 1.29 is 14.3 Å². The van der Waals surface area contributed by atoms with E-state index in [0.29, 0.717) is 16.6 Å². The third-order valence-electron chi connectivity index (χ3n) is 4.47. The van der Waals surface area contributed by atoms with E-state index in [4.69, 9.17) is 9.47 Å². The Morgan fingerprint density at radius 1 is 1.26 bits per heavy atom. The fourth-order valence-electron chi connectivity index (χ4n) is 3.05. The molecule has 0 atom stereocenters. The molecule has 2 heterocycles. The number of rotatable bonds is 7. The maximum absolute atomic E-state index is 12.2. The van der Waals surface area contributed by atoms with Gasteiger partial charge in [0.05, 0.1) is 19.9 Å². The Labute approximate surface area is 163 Å². The summed E-state index contributed by atoms with van der Waals surface area (Å²) in [5.41, 5.74) is 1.82. The van der Waals surface area contributed by atoms with E-state index < -0.39 is 0 Å². The molecule has 1 aliphatic heterocycles. The first-order chi connectivity index (χ1) is 13.2. The van der Waals surface area contributed by atoms with E-state index in [1.807, 2.05) is 17.5 Å². The van der Waals surface area contributed by atoms with Crippen LogP contribution in [0.5, 0.6) is 11.5 Å². The van der Waals surface area contributed by atoms with Crippen molar-refractivity contribution in [2.75, 3.05) is 32.6 Å². The van der Waals surface area contributed by atoms with E-state index >= 15 is 0 Å². The summed E-state index contributed by atoms with van der Waals surface area (Å²) in [7, 11) is 3.19. The molecule has 1 amide bonds. The van der Waals surface area contributed by atoms with Crippen molar-refractivity contribution >= 4 is 28.5 Å². The molecule has 0 unspecified atom stereocenters. The number of thiazole rings is 1. The van der Waals surface area contributed by atoms with Crippen LogP contribution in [0, 0.1) is 0 Å². The van der Waals surface area contributed by atoms with Gasteiger partial charge in [-0.3, -0.25) is 15.0 Å². The molecule has 27 heavy (non-hydrogen) atoms. The molecule has 3 rings (SSSR count). The smallest absolute Gasteiger partial charge is 0.250 e. The number of amides is 1. The second kappa shape index (κ2) is 9.53. The number of ether oxygens (including phenoxy) is 2. The minimum Gasteiger partial charge on any atom is -0.497 e. The van der Waals surface area contributed by atoms with Crippen LogP contribution in [0.25, 0.3) is 6.08 Å². The summed E-state index contributed by atoms with van der Waals surface area (Å²) < 4.78 is 10.5. The maximum Gasteiger partial charge on any atom is 0.250 e. The Kier molecular flexibility index (Phi) is 6.84. The average Bonchev–Trinajstić information content (AvgIpc) is 3.13. The zero-order chi connectivity index (χ0) is 19.1. The highest BCUT2D eigenvalue weighted by Crippen LogP contribution is 2.25. The number of hydrogen-bond donors (Lipinski definition) is 1. The standard InChI is InChI=1S/C20H25N3O3S/c1-25-17-8-6-15(18(12-17)26-2)7-9-19(24)22-20-21-16(14-27-20)13-23-10-4-3-5-11-23/h6-9,12,14H,3-5,10-11,13H2,1-2H3,(H,21,22,24)/b9-7+. The van der Waals surface area contributed by atoms with E-state index in [1.165, 1.54) is 36.7 Å². The van der Waals surface area contributed by atoms with Crippen LogP contribution in [-0.2, 0) is 11.3 Å². The first-order valence-electron chi connectivity index (χ1n) is 9.06. The van der Waals surface area contributed by atoms with Gasteiger partial charge in [0, 0.05) is 29.6 Å². The lowest BCUT2D eigenvalue weighted by Crippen LogP contribution is -2.29. The Bertz CT molecular complexity index is 798. The molecule has 1 N–H and O–H groups in total. The number of aromatic nitrogens is 1. The normalized spacial score (nSPS) is 15.0. The Morgan fingerprint density at radius 2 is 2.07 bits per heavy atom. The molecule has 0 saturated carbocycles. The third kappa shape index (κ3) is 5.55. The molecule has 1 aliphatic rings. The van der Waals surface area contributed by atoms with Crippen LogP contribution < -0.4 is 14.8 Å². The molecule has 2 aromatic rings. The summed E-state index contributed by atoms with van der Waals surface area (Å²) >= 11 is 1.46. The molecular formula is C20H25N3O3S. The molecule has 6 nitrogen and oxygen atoms in total. The summed E-state index contributed by atoms with van der Waals surface area (Å²) in [6.45, 7) is 3.11. The van der Waals surface area contributed by atoms with E-state index in [1.54, 1.807) is 26.4 Å². The zero-order valence-corrected chi connectivity index (χ0v) is 16.6. The van der Waals surface area contributed by atoms with Gasteiger partial charge < -0.3 is 9.47 Å². The van der Waals surface area contributed by atoms with Gasteiger partial charge >= 0.3 is 0 Å². The van der Waals surface area contributed by atoms with Gasteiger partial charge in [-0.25, -0.2) is 4.98 Å².